The van der Waals surface area contributed by atoms with Crippen LogP contribution < -0.4 is 0 Å². The van der Waals surface area contributed by atoms with Gasteiger partial charge in [-0.2, -0.15) is 5.26 Å². The van der Waals surface area contributed by atoms with E-state index in [0.717, 1.165) is 22.9 Å². The van der Waals surface area contributed by atoms with Crippen LogP contribution in [-0.2, 0) is 0 Å². The first-order chi connectivity index (χ1) is 8.63. The minimum atomic E-state index is -0.207. The molecule has 0 spiro atoms. The van der Waals surface area contributed by atoms with Crippen molar-refractivity contribution in [2.75, 3.05) is 0 Å². The molecule has 4 heteroatoms. The van der Waals surface area contributed by atoms with Crippen molar-refractivity contribution >= 4 is 0 Å². The van der Waals surface area contributed by atoms with E-state index in [4.69, 9.17) is 0 Å². The van der Waals surface area contributed by atoms with E-state index in [9.17, 15) is 5.26 Å². The SMILES string of the molecule is Cc1[nH]c(C(C#N)C(C)C)nc1-c1ccccn1. The highest BCUT2D eigenvalue weighted by molar-refractivity contribution is 5.57. The van der Waals surface area contributed by atoms with Gasteiger partial charge in [0.05, 0.1) is 11.8 Å². The molecule has 1 N–H and O–H groups in total. The lowest BCUT2D eigenvalue weighted by Crippen LogP contribution is -2.06. The molecule has 2 heterocycles. The third-order valence-electron chi connectivity index (χ3n) is 2.91. The molecular formula is C14H16N4. The smallest absolute Gasteiger partial charge is 0.124 e. The Balaban J connectivity index is 2.42. The Labute approximate surface area is 107 Å². The summed E-state index contributed by atoms with van der Waals surface area (Å²) in [6.45, 7) is 5.99. The first kappa shape index (κ1) is 12.3. The third-order valence-corrected chi connectivity index (χ3v) is 2.91. The molecule has 0 saturated heterocycles. The van der Waals surface area contributed by atoms with Gasteiger partial charge in [0.2, 0.25) is 0 Å². The van der Waals surface area contributed by atoms with Crippen molar-refractivity contribution in [1.29, 1.82) is 5.26 Å². The monoisotopic (exact) mass is 240 g/mol. The molecule has 92 valence electrons. The van der Waals surface area contributed by atoms with Crippen LogP contribution in [0, 0.1) is 24.2 Å². The largest absolute Gasteiger partial charge is 0.344 e. The van der Waals surface area contributed by atoms with E-state index in [1.54, 1.807) is 6.20 Å². The second-order valence-corrected chi connectivity index (χ2v) is 4.66. The van der Waals surface area contributed by atoms with E-state index in [2.05, 4.69) is 21.0 Å². The summed E-state index contributed by atoms with van der Waals surface area (Å²) in [5.41, 5.74) is 2.61. The number of rotatable bonds is 3. The van der Waals surface area contributed by atoms with Crippen LogP contribution in [0.2, 0.25) is 0 Å². The molecule has 0 aliphatic rings. The van der Waals surface area contributed by atoms with Gasteiger partial charge in [-0.1, -0.05) is 19.9 Å². The first-order valence-corrected chi connectivity index (χ1v) is 6.01. The summed E-state index contributed by atoms with van der Waals surface area (Å²) in [5, 5.41) is 9.19. The lowest BCUT2D eigenvalue weighted by Gasteiger charge is -2.08. The van der Waals surface area contributed by atoms with Crippen LogP contribution in [0.1, 0.15) is 31.3 Å². The van der Waals surface area contributed by atoms with Crippen LogP contribution in [0.3, 0.4) is 0 Å². The predicted molar refractivity (Wildman–Crippen MR) is 69.7 cm³/mol. The molecule has 0 saturated carbocycles. The molecule has 2 aromatic rings. The zero-order chi connectivity index (χ0) is 13.1. The number of nitrogens with zero attached hydrogens (tertiary/aromatic N) is 3. The van der Waals surface area contributed by atoms with Crippen LogP contribution in [0.4, 0.5) is 0 Å². The highest BCUT2D eigenvalue weighted by atomic mass is 15.0. The van der Waals surface area contributed by atoms with E-state index in [1.165, 1.54) is 0 Å². The number of imidazole rings is 1. The van der Waals surface area contributed by atoms with Crippen LogP contribution in [0.15, 0.2) is 24.4 Å². The Kier molecular flexibility index (Phi) is 3.42. The predicted octanol–water partition coefficient (Wildman–Crippen LogP) is 3.04. The Hall–Kier alpha value is -2.15. The second-order valence-electron chi connectivity index (χ2n) is 4.66. The summed E-state index contributed by atoms with van der Waals surface area (Å²) in [6, 6.07) is 8.02. The average molecular weight is 240 g/mol. The standard InChI is InChI=1S/C14H16N4/c1-9(2)11(8-15)14-17-10(3)13(18-14)12-6-4-5-7-16-12/h4-7,9,11H,1-3H3,(H,17,18). The number of aromatic amines is 1. The quantitative estimate of drug-likeness (QED) is 0.896. The molecule has 0 aliphatic carbocycles. The summed E-state index contributed by atoms with van der Waals surface area (Å²) in [7, 11) is 0. The summed E-state index contributed by atoms with van der Waals surface area (Å²) in [6.07, 6.45) is 1.74. The number of pyridine rings is 1. The number of H-pyrrole nitrogens is 1. The molecule has 1 atom stereocenters. The van der Waals surface area contributed by atoms with Crippen molar-refractivity contribution in [2.24, 2.45) is 5.92 Å². The van der Waals surface area contributed by atoms with E-state index < -0.39 is 0 Å². The van der Waals surface area contributed by atoms with E-state index in [1.807, 2.05) is 39.0 Å². The molecule has 0 aromatic carbocycles. The maximum Gasteiger partial charge on any atom is 0.124 e. The summed E-state index contributed by atoms with van der Waals surface area (Å²) < 4.78 is 0. The molecule has 1 unspecified atom stereocenters. The molecule has 18 heavy (non-hydrogen) atoms. The maximum absolute atomic E-state index is 9.19. The van der Waals surface area contributed by atoms with Crippen LogP contribution in [0.25, 0.3) is 11.4 Å². The number of nitrogens with one attached hydrogen (secondary N) is 1. The first-order valence-electron chi connectivity index (χ1n) is 6.01. The fourth-order valence-corrected chi connectivity index (χ4v) is 1.91. The topological polar surface area (TPSA) is 65.4 Å². The van der Waals surface area contributed by atoms with Gasteiger partial charge in [0.15, 0.2) is 0 Å². The van der Waals surface area contributed by atoms with Crippen molar-refractivity contribution in [3.63, 3.8) is 0 Å². The molecule has 2 aromatic heterocycles. The number of aryl methyl sites for hydroxylation is 1. The number of hydrogen-bond donors (Lipinski definition) is 1. The number of aromatic nitrogens is 3. The molecule has 0 fully saturated rings. The Morgan fingerprint density at radius 2 is 2.11 bits per heavy atom. The van der Waals surface area contributed by atoms with Gasteiger partial charge in [-0.15, -0.1) is 0 Å². The highest BCUT2D eigenvalue weighted by Gasteiger charge is 2.20. The van der Waals surface area contributed by atoms with Crippen molar-refractivity contribution in [2.45, 2.75) is 26.7 Å². The van der Waals surface area contributed by atoms with Crippen molar-refractivity contribution in [1.82, 2.24) is 15.0 Å². The lowest BCUT2D eigenvalue weighted by molar-refractivity contribution is 0.565. The summed E-state index contributed by atoms with van der Waals surface area (Å²) in [5.74, 6) is 0.754. The number of nitriles is 1. The fourth-order valence-electron chi connectivity index (χ4n) is 1.91. The molecule has 0 aliphatic heterocycles. The summed E-state index contributed by atoms with van der Waals surface area (Å²) >= 11 is 0. The second kappa shape index (κ2) is 5.01. The minimum absolute atomic E-state index is 0.207. The normalized spacial score (nSPS) is 12.4. The van der Waals surface area contributed by atoms with E-state index in [-0.39, 0.29) is 11.8 Å². The number of hydrogen-bond acceptors (Lipinski definition) is 3. The Morgan fingerprint density at radius 3 is 2.67 bits per heavy atom. The summed E-state index contributed by atoms with van der Waals surface area (Å²) in [4.78, 5) is 12.0. The van der Waals surface area contributed by atoms with E-state index in [0.29, 0.717) is 0 Å². The van der Waals surface area contributed by atoms with Crippen molar-refractivity contribution in [3.8, 4) is 17.5 Å². The van der Waals surface area contributed by atoms with Gasteiger partial charge in [0, 0.05) is 11.9 Å². The molecule has 0 radical (unpaired) electrons. The average Bonchev–Trinajstić information content (AvgIpc) is 2.73. The van der Waals surface area contributed by atoms with Gasteiger partial charge in [0.25, 0.3) is 0 Å². The molecule has 0 bridgehead atoms. The van der Waals surface area contributed by atoms with Gasteiger partial charge < -0.3 is 4.98 Å². The molecule has 0 amide bonds. The zero-order valence-corrected chi connectivity index (χ0v) is 10.8. The van der Waals surface area contributed by atoms with Crippen LogP contribution in [-0.4, -0.2) is 15.0 Å². The zero-order valence-electron chi connectivity index (χ0n) is 10.8. The third kappa shape index (κ3) is 2.25. The molecule has 4 nitrogen and oxygen atoms in total. The van der Waals surface area contributed by atoms with Crippen molar-refractivity contribution in [3.05, 3.63) is 35.9 Å². The highest BCUT2D eigenvalue weighted by Crippen LogP contribution is 2.25. The van der Waals surface area contributed by atoms with Gasteiger partial charge in [-0.05, 0) is 25.0 Å². The van der Waals surface area contributed by atoms with E-state index >= 15 is 0 Å². The van der Waals surface area contributed by atoms with Gasteiger partial charge in [-0.25, -0.2) is 4.98 Å². The minimum Gasteiger partial charge on any atom is -0.344 e. The van der Waals surface area contributed by atoms with Gasteiger partial charge in [-0.3, -0.25) is 4.98 Å². The maximum atomic E-state index is 9.19. The lowest BCUT2D eigenvalue weighted by atomic mass is 9.97. The Morgan fingerprint density at radius 1 is 1.33 bits per heavy atom. The molecule has 2 rings (SSSR count). The van der Waals surface area contributed by atoms with Crippen molar-refractivity contribution < 1.29 is 0 Å². The van der Waals surface area contributed by atoms with Crippen LogP contribution >= 0.6 is 0 Å². The Bertz CT molecular complexity index is 563. The van der Waals surface area contributed by atoms with Gasteiger partial charge >= 0.3 is 0 Å². The van der Waals surface area contributed by atoms with Gasteiger partial charge in [0.1, 0.15) is 17.4 Å². The molecular weight excluding hydrogens is 224 g/mol. The fraction of sp³-hybridized carbons (Fsp3) is 0.357. The van der Waals surface area contributed by atoms with Crippen LogP contribution in [0.5, 0.6) is 0 Å².